The van der Waals surface area contributed by atoms with Crippen molar-refractivity contribution in [2.24, 2.45) is 17.8 Å². The summed E-state index contributed by atoms with van der Waals surface area (Å²) in [7, 11) is 0. The standard InChI is InChI=1S/C19H18N2/c1-13-18-14(16-9-2-4-11-20-16)7-6-8-15(19(13)18)17-10-3-5-12-21-17/h2-5,7-13,18-19H,6H2,1H3/t13?,18-,19+. The fourth-order valence-electron chi connectivity index (χ4n) is 3.62. The molecule has 2 heterocycles. The summed E-state index contributed by atoms with van der Waals surface area (Å²) < 4.78 is 0. The van der Waals surface area contributed by atoms with Crippen molar-refractivity contribution in [1.29, 1.82) is 0 Å². The second-order valence-corrected chi connectivity index (χ2v) is 5.90. The Morgan fingerprint density at radius 2 is 1.33 bits per heavy atom. The molecule has 0 amide bonds. The maximum Gasteiger partial charge on any atom is 0.0661 e. The molecule has 0 saturated heterocycles. The molecule has 4 rings (SSSR count). The minimum atomic E-state index is 0.593. The van der Waals surface area contributed by atoms with Crippen molar-refractivity contribution in [1.82, 2.24) is 9.97 Å². The number of hydrogen-bond acceptors (Lipinski definition) is 2. The Labute approximate surface area is 125 Å². The minimum absolute atomic E-state index is 0.593. The first kappa shape index (κ1) is 12.5. The molecule has 2 aromatic rings. The van der Waals surface area contributed by atoms with E-state index in [1.165, 1.54) is 11.1 Å². The molecule has 1 saturated carbocycles. The first-order chi connectivity index (χ1) is 10.4. The number of hydrogen-bond donors (Lipinski definition) is 0. The molecular formula is C19H18N2. The third-order valence-electron chi connectivity index (χ3n) is 4.69. The normalized spacial score (nSPS) is 27.2. The largest absolute Gasteiger partial charge is 0.257 e. The molecule has 21 heavy (non-hydrogen) atoms. The lowest BCUT2D eigenvalue weighted by Crippen LogP contribution is -1.94. The Hall–Kier alpha value is -2.22. The highest BCUT2D eigenvalue weighted by molar-refractivity contribution is 5.79. The van der Waals surface area contributed by atoms with E-state index in [-0.39, 0.29) is 0 Å². The van der Waals surface area contributed by atoms with Gasteiger partial charge in [0.15, 0.2) is 0 Å². The van der Waals surface area contributed by atoms with Crippen LogP contribution in [-0.2, 0) is 0 Å². The summed E-state index contributed by atoms with van der Waals surface area (Å²) in [6.45, 7) is 2.34. The molecular weight excluding hydrogens is 256 g/mol. The lowest BCUT2D eigenvalue weighted by atomic mass is 10.0. The molecule has 0 bridgehead atoms. The molecule has 2 nitrogen and oxygen atoms in total. The zero-order valence-corrected chi connectivity index (χ0v) is 12.1. The number of nitrogens with zero attached hydrogens (tertiary/aromatic N) is 2. The van der Waals surface area contributed by atoms with Crippen LogP contribution >= 0.6 is 0 Å². The molecule has 1 fully saturated rings. The van der Waals surface area contributed by atoms with Crippen molar-refractivity contribution in [2.45, 2.75) is 13.3 Å². The van der Waals surface area contributed by atoms with Gasteiger partial charge in [0.05, 0.1) is 11.4 Å². The number of fused-ring (bicyclic) bond motifs is 1. The van der Waals surface area contributed by atoms with Crippen molar-refractivity contribution >= 4 is 11.1 Å². The summed E-state index contributed by atoms with van der Waals surface area (Å²) in [5.74, 6) is 1.86. The number of allylic oxidation sites excluding steroid dienone is 4. The van der Waals surface area contributed by atoms with Gasteiger partial charge in [-0.2, -0.15) is 0 Å². The zero-order valence-electron chi connectivity index (χ0n) is 12.1. The highest BCUT2D eigenvalue weighted by Crippen LogP contribution is 2.60. The first-order valence-electron chi connectivity index (χ1n) is 7.59. The molecule has 0 N–H and O–H groups in total. The van der Waals surface area contributed by atoms with E-state index in [1.54, 1.807) is 0 Å². The molecule has 3 atom stereocenters. The molecule has 1 unspecified atom stereocenters. The summed E-state index contributed by atoms with van der Waals surface area (Å²) in [4.78, 5) is 9.09. The van der Waals surface area contributed by atoms with Gasteiger partial charge in [0.1, 0.15) is 0 Å². The molecule has 2 aliphatic rings. The summed E-state index contributed by atoms with van der Waals surface area (Å²) in [6, 6.07) is 12.4. The lowest BCUT2D eigenvalue weighted by molar-refractivity contribution is 0.883. The van der Waals surface area contributed by atoms with E-state index in [2.05, 4.69) is 53.3 Å². The summed E-state index contributed by atoms with van der Waals surface area (Å²) >= 11 is 0. The molecule has 0 radical (unpaired) electrons. The highest BCUT2D eigenvalue weighted by atomic mass is 14.7. The molecule has 104 valence electrons. The van der Waals surface area contributed by atoms with Crippen LogP contribution in [0, 0.1) is 17.8 Å². The lowest BCUT2D eigenvalue weighted by Gasteiger charge is -2.06. The number of rotatable bonds is 2. The van der Waals surface area contributed by atoms with Crippen LogP contribution in [0.5, 0.6) is 0 Å². The third-order valence-corrected chi connectivity index (χ3v) is 4.69. The van der Waals surface area contributed by atoms with Crippen molar-refractivity contribution in [3.63, 3.8) is 0 Å². The van der Waals surface area contributed by atoms with E-state index < -0.39 is 0 Å². The predicted octanol–water partition coefficient (Wildman–Crippen LogP) is 4.23. The van der Waals surface area contributed by atoms with Crippen LogP contribution in [0.3, 0.4) is 0 Å². The van der Waals surface area contributed by atoms with E-state index in [1.807, 2.05) is 24.5 Å². The van der Waals surface area contributed by atoms with Gasteiger partial charge in [-0.05, 0) is 59.6 Å². The van der Waals surface area contributed by atoms with Crippen molar-refractivity contribution in [3.8, 4) is 0 Å². The Kier molecular flexibility index (Phi) is 2.95. The molecule has 2 heteroatoms. The predicted molar refractivity (Wildman–Crippen MR) is 85.2 cm³/mol. The monoisotopic (exact) mass is 274 g/mol. The molecule has 0 aliphatic heterocycles. The number of pyridine rings is 2. The van der Waals surface area contributed by atoms with Gasteiger partial charge in [-0.3, -0.25) is 9.97 Å². The van der Waals surface area contributed by atoms with E-state index in [0.717, 1.165) is 17.8 Å². The second-order valence-electron chi connectivity index (χ2n) is 5.90. The van der Waals surface area contributed by atoms with Gasteiger partial charge in [-0.1, -0.05) is 31.2 Å². The third kappa shape index (κ3) is 2.11. The summed E-state index contributed by atoms with van der Waals surface area (Å²) in [5, 5.41) is 0. The van der Waals surface area contributed by atoms with Gasteiger partial charge >= 0.3 is 0 Å². The van der Waals surface area contributed by atoms with E-state index in [0.29, 0.717) is 17.8 Å². The Bertz CT molecular complexity index is 639. The zero-order chi connectivity index (χ0) is 14.2. The molecule has 0 spiro atoms. The van der Waals surface area contributed by atoms with Gasteiger partial charge < -0.3 is 0 Å². The topological polar surface area (TPSA) is 25.8 Å². The quantitative estimate of drug-likeness (QED) is 0.819. The van der Waals surface area contributed by atoms with Gasteiger partial charge in [-0.25, -0.2) is 0 Å². The second kappa shape index (κ2) is 4.96. The van der Waals surface area contributed by atoms with Crippen LogP contribution < -0.4 is 0 Å². The van der Waals surface area contributed by atoms with E-state index in [4.69, 9.17) is 0 Å². The summed E-state index contributed by atoms with van der Waals surface area (Å²) in [5.41, 5.74) is 5.09. The minimum Gasteiger partial charge on any atom is -0.257 e. The van der Waals surface area contributed by atoms with Crippen LogP contribution in [0.15, 0.2) is 60.9 Å². The van der Waals surface area contributed by atoms with Gasteiger partial charge in [0.25, 0.3) is 0 Å². The molecule has 2 aromatic heterocycles. The molecule has 2 aliphatic carbocycles. The van der Waals surface area contributed by atoms with Crippen LogP contribution in [0.1, 0.15) is 24.7 Å². The number of aromatic nitrogens is 2. The SMILES string of the molecule is CC1[C@H]2C(c3ccccn3)=CCC=C(c3ccccn3)[C@@H]12. The summed E-state index contributed by atoms with van der Waals surface area (Å²) in [6.07, 6.45) is 9.43. The smallest absolute Gasteiger partial charge is 0.0661 e. The van der Waals surface area contributed by atoms with Gasteiger partial charge in [0, 0.05) is 12.4 Å². The Morgan fingerprint density at radius 1 is 0.810 bits per heavy atom. The van der Waals surface area contributed by atoms with Crippen LogP contribution in [0.4, 0.5) is 0 Å². The average Bonchev–Trinajstić information content (AvgIpc) is 3.24. The van der Waals surface area contributed by atoms with E-state index in [9.17, 15) is 0 Å². The van der Waals surface area contributed by atoms with Gasteiger partial charge in [0.2, 0.25) is 0 Å². The van der Waals surface area contributed by atoms with Crippen LogP contribution in [0.25, 0.3) is 11.1 Å². The van der Waals surface area contributed by atoms with Crippen molar-refractivity contribution in [2.75, 3.05) is 0 Å². The Balaban J connectivity index is 1.68. The van der Waals surface area contributed by atoms with Crippen molar-refractivity contribution in [3.05, 3.63) is 72.3 Å². The Morgan fingerprint density at radius 3 is 1.76 bits per heavy atom. The van der Waals surface area contributed by atoms with Gasteiger partial charge in [-0.15, -0.1) is 0 Å². The maximum atomic E-state index is 4.55. The fourth-order valence-corrected chi connectivity index (χ4v) is 3.62. The first-order valence-corrected chi connectivity index (χ1v) is 7.59. The maximum absolute atomic E-state index is 4.55. The highest BCUT2D eigenvalue weighted by Gasteiger charge is 2.52. The van der Waals surface area contributed by atoms with E-state index >= 15 is 0 Å². The van der Waals surface area contributed by atoms with Crippen molar-refractivity contribution < 1.29 is 0 Å². The molecule has 0 aromatic carbocycles. The average molecular weight is 274 g/mol. The van der Waals surface area contributed by atoms with Crippen LogP contribution in [-0.4, -0.2) is 9.97 Å². The fraction of sp³-hybridized carbons (Fsp3) is 0.263. The van der Waals surface area contributed by atoms with Crippen LogP contribution in [0.2, 0.25) is 0 Å².